The largest absolute Gasteiger partial charge is 0.491 e. The van der Waals surface area contributed by atoms with E-state index in [4.69, 9.17) is 27.9 Å². The highest BCUT2D eigenvalue weighted by Gasteiger charge is 2.07. The van der Waals surface area contributed by atoms with Crippen LogP contribution in [0.5, 0.6) is 5.75 Å². The lowest BCUT2D eigenvalue weighted by Gasteiger charge is -2.12. The molecule has 0 saturated carbocycles. The van der Waals surface area contributed by atoms with Crippen LogP contribution in [0, 0.1) is 0 Å². The molecule has 1 heterocycles. The Morgan fingerprint density at radius 3 is 2.75 bits per heavy atom. The molecule has 0 spiro atoms. The van der Waals surface area contributed by atoms with E-state index in [1.807, 2.05) is 24.3 Å². The van der Waals surface area contributed by atoms with Gasteiger partial charge in [-0.1, -0.05) is 30.1 Å². The molecule has 0 bridgehead atoms. The van der Waals surface area contributed by atoms with E-state index < -0.39 is 0 Å². The van der Waals surface area contributed by atoms with Crippen molar-refractivity contribution in [3.05, 3.63) is 43.0 Å². The molecule has 2 nitrogen and oxygen atoms in total. The fourth-order valence-corrected chi connectivity index (χ4v) is 3.54. The van der Waals surface area contributed by atoms with Gasteiger partial charge in [0, 0.05) is 20.9 Å². The van der Waals surface area contributed by atoms with E-state index in [1.165, 1.54) is 0 Å². The molecular formula is C14H14BrCl2NOS. The molecule has 2 aromatic rings. The van der Waals surface area contributed by atoms with Crippen LogP contribution in [0.15, 0.2) is 28.7 Å². The molecule has 108 valence electrons. The van der Waals surface area contributed by atoms with Gasteiger partial charge < -0.3 is 10.1 Å². The van der Waals surface area contributed by atoms with Crippen molar-refractivity contribution in [3.63, 3.8) is 0 Å². The number of rotatable bonds is 6. The van der Waals surface area contributed by atoms with Crippen molar-refractivity contribution in [1.29, 1.82) is 0 Å². The third-order valence-corrected chi connectivity index (χ3v) is 5.26. The van der Waals surface area contributed by atoms with Crippen LogP contribution in [-0.2, 0) is 6.54 Å². The van der Waals surface area contributed by atoms with E-state index in [0.29, 0.717) is 18.2 Å². The van der Waals surface area contributed by atoms with Gasteiger partial charge in [0.1, 0.15) is 10.1 Å². The zero-order chi connectivity index (χ0) is 14.5. The van der Waals surface area contributed by atoms with Gasteiger partial charge in [0.15, 0.2) is 0 Å². The Bertz CT molecular complexity index is 569. The van der Waals surface area contributed by atoms with Crippen molar-refractivity contribution in [2.45, 2.75) is 19.9 Å². The molecule has 0 amide bonds. The SMILES string of the molecule is CCCOc1ccc(Cl)cc1NCc1cc(Br)c(Cl)s1. The molecule has 0 aliphatic heterocycles. The summed E-state index contributed by atoms with van der Waals surface area (Å²) in [5, 5.41) is 4.02. The van der Waals surface area contributed by atoms with Gasteiger partial charge in [0.2, 0.25) is 0 Å². The summed E-state index contributed by atoms with van der Waals surface area (Å²) in [5.41, 5.74) is 0.895. The highest BCUT2D eigenvalue weighted by molar-refractivity contribution is 9.10. The molecule has 1 aromatic heterocycles. The van der Waals surface area contributed by atoms with E-state index in [2.05, 4.69) is 28.2 Å². The minimum absolute atomic E-state index is 0.679. The molecule has 0 aliphatic rings. The third kappa shape index (κ3) is 4.29. The molecule has 1 N–H and O–H groups in total. The summed E-state index contributed by atoms with van der Waals surface area (Å²) in [6, 6.07) is 7.60. The van der Waals surface area contributed by atoms with Crippen molar-refractivity contribution in [3.8, 4) is 5.75 Å². The van der Waals surface area contributed by atoms with Crippen LogP contribution in [-0.4, -0.2) is 6.61 Å². The quantitative estimate of drug-likeness (QED) is 0.627. The smallest absolute Gasteiger partial charge is 0.142 e. The Morgan fingerprint density at radius 1 is 1.30 bits per heavy atom. The highest BCUT2D eigenvalue weighted by atomic mass is 79.9. The maximum Gasteiger partial charge on any atom is 0.142 e. The summed E-state index contributed by atoms with van der Waals surface area (Å²) in [6.45, 7) is 3.44. The second-order valence-electron chi connectivity index (χ2n) is 4.18. The molecule has 0 unspecified atom stereocenters. The van der Waals surface area contributed by atoms with E-state index in [0.717, 1.165) is 31.5 Å². The maximum atomic E-state index is 6.04. The first-order chi connectivity index (χ1) is 9.60. The van der Waals surface area contributed by atoms with Gasteiger partial charge in [0.25, 0.3) is 0 Å². The van der Waals surface area contributed by atoms with Crippen LogP contribution in [0.1, 0.15) is 18.2 Å². The van der Waals surface area contributed by atoms with Crippen LogP contribution in [0.2, 0.25) is 9.36 Å². The van der Waals surface area contributed by atoms with E-state index >= 15 is 0 Å². The lowest BCUT2D eigenvalue weighted by atomic mass is 10.3. The predicted molar refractivity (Wildman–Crippen MR) is 91.6 cm³/mol. The fourth-order valence-electron chi connectivity index (χ4n) is 1.64. The summed E-state index contributed by atoms with van der Waals surface area (Å²) in [6.07, 6.45) is 0.968. The number of benzene rings is 1. The average molecular weight is 395 g/mol. The molecule has 2 rings (SSSR count). The second kappa shape index (κ2) is 7.55. The number of hydrogen-bond acceptors (Lipinski definition) is 3. The Hall–Kier alpha value is -0.420. The van der Waals surface area contributed by atoms with Crippen molar-refractivity contribution in [1.82, 2.24) is 0 Å². The van der Waals surface area contributed by atoms with Gasteiger partial charge in [-0.15, -0.1) is 11.3 Å². The second-order valence-corrected chi connectivity index (χ2v) is 7.21. The van der Waals surface area contributed by atoms with Gasteiger partial charge >= 0.3 is 0 Å². The van der Waals surface area contributed by atoms with Gasteiger partial charge in [-0.25, -0.2) is 0 Å². The Balaban J connectivity index is 2.09. The average Bonchev–Trinajstić information content (AvgIpc) is 2.74. The normalized spacial score (nSPS) is 10.6. The molecule has 0 aliphatic carbocycles. The van der Waals surface area contributed by atoms with Gasteiger partial charge in [-0.2, -0.15) is 0 Å². The molecule has 1 aromatic carbocycles. The Kier molecular flexibility index (Phi) is 6.02. The van der Waals surface area contributed by atoms with Crippen LogP contribution < -0.4 is 10.1 Å². The number of ether oxygens (including phenoxy) is 1. The molecule has 6 heteroatoms. The van der Waals surface area contributed by atoms with E-state index in [1.54, 1.807) is 11.3 Å². The van der Waals surface area contributed by atoms with Crippen LogP contribution in [0.4, 0.5) is 5.69 Å². The first kappa shape index (κ1) is 16.0. The summed E-state index contributed by atoms with van der Waals surface area (Å²) in [5.74, 6) is 0.818. The first-order valence-electron chi connectivity index (χ1n) is 6.20. The molecule has 0 saturated heterocycles. The number of thiophene rings is 1. The summed E-state index contributed by atoms with van der Waals surface area (Å²) < 4.78 is 7.39. The summed E-state index contributed by atoms with van der Waals surface area (Å²) >= 11 is 17.0. The molecular weight excluding hydrogens is 381 g/mol. The number of anilines is 1. The van der Waals surface area contributed by atoms with Crippen LogP contribution >= 0.6 is 50.5 Å². The fraction of sp³-hybridized carbons (Fsp3) is 0.286. The molecule has 0 atom stereocenters. The van der Waals surface area contributed by atoms with Crippen LogP contribution in [0.3, 0.4) is 0 Å². The van der Waals surface area contributed by atoms with Gasteiger partial charge in [-0.05, 0) is 46.6 Å². The van der Waals surface area contributed by atoms with Gasteiger partial charge in [-0.3, -0.25) is 0 Å². The Morgan fingerprint density at radius 2 is 2.10 bits per heavy atom. The highest BCUT2D eigenvalue weighted by Crippen LogP contribution is 2.33. The number of halogens is 3. The summed E-state index contributed by atoms with van der Waals surface area (Å²) in [7, 11) is 0. The van der Waals surface area contributed by atoms with Crippen molar-refractivity contribution >= 4 is 56.2 Å². The zero-order valence-electron chi connectivity index (χ0n) is 10.9. The first-order valence-corrected chi connectivity index (χ1v) is 8.56. The van der Waals surface area contributed by atoms with Crippen molar-refractivity contribution in [2.75, 3.05) is 11.9 Å². The van der Waals surface area contributed by atoms with Gasteiger partial charge in [0.05, 0.1) is 12.3 Å². The minimum atomic E-state index is 0.679. The molecule has 0 fully saturated rings. The lowest BCUT2D eigenvalue weighted by Crippen LogP contribution is -2.02. The van der Waals surface area contributed by atoms with E-state index in [9.17, 15) is 0 Å². The molecule has 20 heavy (non-hydrogen) atoms. The Labute approximate surface area is 141 Å². The number of nitrogens with one attached hydrogen (secondary N) is 1. The molecule has 0 radical (unpaired) electrons. The standard InChI is InChI=1S/C14H14BrCl2NOS/c1-2-5-19-13-4-3-9(16)6-12(13)18-8-10-7-11(15)14(17)20-10/h3-4,6-7,18H,2,5,8H2,1H3. The lowest BCUT2D eigenvalue weighted by molar-refractivity contribution is 0.319. The van der Waals surface area contributed by atoms with Crippen LogP contribution in [0.25, 0.3) is 0 Å². The number of hydrogen-bond donors (Lipinski definition) is 1. The topological polar surface area (TPSA) is 21.3 Å². The maximum absolute atomic E-state index is 6.04. The monoisotopic (exact) mass is 393 g/mol. The van der Waals surface area contributed by atoms with Crippen molar-refractivity contribution in [2.24, 2.45) is 0 Å². The predicted octanol–water partition coefficient (Wildman–Crippen LogP) is 6.22. The third-order valence-electron chi connectivity index (χ3n) is 2.55. The summed E-state index contributed by atoms with van der Waals surface area (Å²) in [4.78, 5) is 1.14. The van der Waals surface area contributed by atoms with E-state index in [-0.39, 0.29) is 0 Å². The van der Waals surface area contributed by atoms with Crippen molar-refractivity contribution < 1.29 is 4.74 Å². The zero-order valence-corrected chi connectivity index (χ0v) is 14.8. The minimum Gasteiger partial charge on any atom is -0.491 e.